The fourth-order valence-corrected chi connectivity index (χ4v) is 2.53. The summed E-state index contributed by atoms with van der Waals surface area (Å²) in [6.45, 7) is 0.449. The first-order valence-corrected chi connectivity index (χ1v) is 6.61. The number of nitrogen functional groups attached to an aromatic ring is 1. The molecule has 0 atom stereocenters. The summed E-state index contributed by atoms with van der Waals surface area (Å²) in [6.07, 6.45) is 2.91. The molecule has 1 fully saturated rings. The van der Waals surface area contributed by atoms with E-state index in [0.717, 1.165) is 31.4 Å². The molecule has 0 aliphatic heterocycles. The van der Waals surface area contributed by atoms with E-state index in [9.17, 15) is 8.78 Å². The highest BCUT2D eigenvalue weighted by molar-refractivity contribution is 5.71. The molecule has 0 saturated heterocycles. The van der Waals surface area contributed by atoms with Crippen LogP contribution in [-0.4, -0.2) is 32.9 Å². The molecule has 1 aliphatic carbocycles. The van der Waals surface area contributed by atoms with Crippen LogP contribution in [0.5, 0.6) is 0 Å². The van der Waals surface area contributed by atoms with Crippen molar-refractivity contribution in [2.75, 3.05) is 12.8 Å². The number of methoxy groups -OCH3 is 1. The summed E-state index contributed by atoms with van der Waals surface area (Å²) in [5.41, 5.74) is 5.81. The predicted molar refractivity (Wildman–Crippen MR) is 71.2 cm³/mol. The Kier molecular flexibility index (Phi) is 3.32. The largest absolute Gasteiger partial charge is 0.398 e. The SMILES string of the molecule is COC1(Cn2nnnc2-c2cc(F)c(F)cc2N)CCC1. The number of hydrogen-bond acceptors (Lipinski definition) is 5. The second kappa shape index (κ2) is 5.03. The van der Waals surface area contributed by atoms with Crippen LogP contribution in [0.25, 0.3) is 11.4 Å². The number of anilines is 1. The molecule has 1 heterocycles. The minimum atomic E-state index is -0.998. The van der Waals surface area contributed by atoms with Crippen molar-refractivity contribution in [1.82, 2.24) is 20.2 Å². The zero-order valence-corrected chi connectivity index (χ0v) is 11.5. The van der Waals surface area contributed by atoms with Crippen molar-refractivity contribution in [3.63, 3.8) is 0 Å². The molecular weight excluding hydrogens is 280 g/mol. The van der Waals surface area contributed by atoms with Crippen LogP contribution in [0.1, 0.15) is 19.3 Å². The minimum absolute atomic E-state index is 0.0880. The van der Waals surface area contributed by atoms with Crippen LogP contribution in [0.15, 0.2) is 12.1 Å². The second-order valence-electron chi connectivity index (χ2n) is 5.25. The summed E-state index contributed by atoms with van der Waals surface area (Å²) in [5.74, 6) is -1.68. The van der Waals surface area contributed by atoms with Gasteiger partial charge in [-0.25, -0.2) is 13.5 Å². The Morgan fingerprint density at radius 2 is 2.05 bits per heavy atom. The molecule has 8 heteroatoms. The van der Waals surface area contributed by atoms with Gasteiger partial charge in [-0.1, -0.05) is 0 Å². The van der Waals surface area contributed by atoms with E-state index in [-0.39, 0.29) is 16.9 Å². The minimum Gasteiger partial charge on any atom is -0.398 e. The Morgan fingerprint density at radius 3 is 2.67 bits per heavy atom. The van der Waals surface area contributed by atoms with E-state index < -0.39 is 11.6 Å². The number of rotatable bonds is 4. The summed E-state index contributed by atoms with van der Waals surface area (Å²) in [6, 6.07) is 1.94. The predicted octanol–water partition coefficient (Wildman–Crippen LogP) is 1.77. The Hall–Kier alpha value is -2.09. The molecule has 3 rings (SSSR count). The maximum absolute atomic E-state index is 13.4. The van der Waals surface area contributed by atoms with Crippen LogP contribution in [0.3, 0.4) is 0 Å². The van der Waals surface area contributed by atoms with Gasteiger partial charge in [0.25, 0.3) is 0 Å². The molecule has 2 aromatic rings. The van der Waals surface area contributed by atoms with Gasteiger partial charge in [-0.3, -0.25) is 0 Å². The molecule has 0 amide bonds. The van der Waals surface area contributed by atoms with Crippen molar-refractivity contribution in [3.05, 3.63) is 23.8 Å². The zero-order chi connectivity index (χ0) is 15.0. The van der Waals surface area contributed by atoms with E-state index in [0.29, 0.717) is 12.4 Å². The fourth-order valence-electron chi connectivity index (χ4n) is 2.53. The van der Waals surface area contributed by atoms with E-state index >= 15 is 0 Å². The third-order valence-electron chi connectivity index (χ3n) is 4.00. The first-order chi connectivity index (χ1) is 10.0. The molecule has 1 aliphatic rings. The lowest BCUT2D eigenvalue weighted by Gasteiger charge is -2.40. The number of halogens is 2. The average Bonchev–Trinajstić information content (AvgIpc) is 2.86. The van der Waals surface area contributed by atoms with Crippen molar-refractivity contribution in [3.8, 4) is 11.4 Å². The number of hydrogen-bond donors (Lipinski definition) is 1. The van der Waals surface area contributed by atoms with E-state index in [1.165, 1.54) is 4.68 Å². The van der Waals surface area contributed by atoms with Crippen molar-refractivity contribution in [2.24, 2.45) is 0 Å². The first-order valence-electron chi connectivity index (χ1n) is 6.61. The molecule has 0 radical (unpaired) electrons. The van der Waals surface area contributed by atoms with E-state index in [1.807, 2.05) is 0 Å². The molecule has 6 nitrogen and oxygen atoms in total. The van der Waals surface area contributed by atoms with Gasteiger partial charge in [0.15, 0.2) is 17.5 Å². The van der Waals surface area contributed by atoms with Gasteiger partial charge in [0.05, 0.1) is 12.1 Å². The number of tetrazole rings is 1. The van der Waals surface area contributed by atoms with Crippen LogP contribution >= 0.6 is 0 Å². The Labute approximate surface area is 119 Å². The lowest BCUT2D eigenvalue weighted by Crippen LogP contribution is -2.43. The molecule has 0 spiro atoms. The molecule has 112 valence electrons. The highest BCUT2D eigenvalue weighted by Crippen LogP contribution is 2.37. The monoisotopic (exact) mass is 295 g/mol. The number of benzene rings is 1. The molecule has 0 unspecified atom stereocenters. The van der Waals surface area contributed by atoms with Gasteiger partial charge < -0.3 is 10.5 Å². The van der Waals surface area contributed by atoms with Gasteiger partial charge in [-0.05, 0) is 35.8 Å². The molecule has 1 saturated carbocycles. The lowest BCUT2D eigenvalue weighted by molar-refractivity contribution is -0.0855. The van der Waals surface area contributed by atoms with Gasteiger partial charge in [0.1, 0.15) is 0 Å². The van der Waals surface area contributed by atoms with Gasteiger partial charge in [0.2, 0.25) is 0 Å². The first kappa shape index (κ1) is 13.9. The number of nitrogens with two attached hydrogens (primary N) is 1. The lowest BCUT2D eigenvalue weighted by atomic mass is 9.80. The zero-order valence-electron chi connectivity index (χ0n) is 11.5. The van der Waals surface area contributed by atoms with Crippen LogP contribution in [0.4, 0.5) is 14.5 Å². The molecule has 0 bridgehead atoms. The fraction of sp³-hybridized carbons (Fsp3) is 0.462. The van der Waals surface area contributed by atoms with E-state index in [1.54, 1.807) is 7.11 Å². The Balaban J connectivity index is 1.97. The van der Waals surface area contributed by atoms with E-state index in [4.69, 9.17) is 10.5 Å². The van der Waals surface area contributed by atoms with Gasteiger partial charge in [0, 0.05) is 24.4 Å². The number of nitrogens with zero attached hydrogens (tertiary/aromatic N) is 4. The summed E-state index contributed by atoms with van der Waals surface area (Å²) in [4.78, 5) is 0. The standard InChI is InChI=1S/C13H15F2N5O/c1-21-13(3-2-4-13)7-20-12(17-18-19-20)8-5-9(14)10(15)6-11(8)16/h5-6H,2-4,7,16H2,1H3. The normalized spacial score (nSPS) is 16.7. The number of ether oxygens (including phenoxy) is 1. The maximum Gasteiger partial charge on any atom is 0.184 e. The topological polar surface area (TPSA) is 78.8 Å². The highest BCUT2D eigenvalue weighted by Gasteiger charge is 2.38. The Morgan fingerprint density at radius 1 is 1.33 bits per heavy atom. The molecule has 2 N–H and O–H groups in total. The van der Waals surface area contributed by atoms with Crippen molar-refractivity contribution >= 4 is 5.69 Å². The van der Waals surface area contributed by atoms with Crippen LogP contribution in [0.2, 0.25) is 0 Å². The van der Waals surface area contributed by atoms with Crippen LogP contribution in [0, 0.1) is 11.6 Å². The van der Waals surface area contributed by atoms with Gasteiger partial charge in [-0.15, -0.1) is 5.10 Å². The van der Waals surface area contributed by atoms with Gasteiger partial charge in [-0.2, -0.15) is 0 Å². The molecule has 1 aromatic carbocycles. The van der Waals surface area contributed by atoms with Crippen molar-refractivity contribution < 1.29 is 13.5 Å². The smallest absolute Gasteiger partial charge is 0.184 e. The van der Waals surface area contributed by atoms with Crippen LogP contribution in [-0.2, 0) is 11.3 Å². The summed E-state index contributed by atoms with van der Waals surface area (Å²) in [5, 5.41) is 11.4. The third kappa shape index (κ3) is 2.35. The average molecular weight is 295 g/mol. The van der Waals surface area contributed by atoms with Crippen LogP contribution < -0.4 is 5.73 Å². The second-order valence-corrected chi connectivity index (χ2v) is 5.25. The molecule has 21 heavy (non-hydrogen) atoms. The molecular formula is C13H15F2N5O. The summed E-state index contributed by atoms with van der Waals surface area (Å²) in [7, 11) is 1.65. The van der Waals surface area contributed by atoms with Crippen molar-refractivity contribution in [1.29, 1.82) is 0 Å². The van der Waals surface area contributed by atoms with Gasteiger partial charge >= 0.3 is 0 Å². The molecule has 1 aromatic heterocycles. The summed E-state index contributed by atoms with van der Waals surface area (Å²) < 4.78 is 33.6. The Bertz CT molecular complexity index is 663. The van der Waals surface area contributed by atoms with Crippen molar-refractivity contribution in [2.45, 2.75) is 31.4 Å². The quantitative estimate of drug-likeness (QED) is 0.870. The third-order valence-corrected chi connectivity index (χ3v) is 4.00. The maximum atomic E-state index is 13.4. The van der Waals surface area contributed by atoms with E-state index in [2.05, 4.69) is 15.5 Å². The summed E-state index contributed by atoms with van der Waals surface area (Å²) >= 11 is 0. The number of aromatic nitrogens is 4. The highest BCUT2D eigenvalue weighted by atomic mass is 19.2.